The lowest BCUT2D eigenvalue weighted by Crippen LogP contribution is -1.95. The highest BCUT2D eigenvalue weighted by Gasteiger charge is 2.10. The maximum absolute atomic E-state index is 11.5. The van der Waals surface area contributed by atoms with Gasteiger partial charge in [-0.2, -0.15) is 0 Å². The van der Waals surface area contributed by atoms with Gasteiger partial charge in [0.1, 0.15) is 0 Å². The molecule has 2 nitrogen and oxygen atoms in total. The van der Waals surface area contributed by atoms with Crippen LogP contribution in [0.3, 0.4) is 0 Å². The van der Waals surface area contributed by atoms with Crippen molar-refractivity contribution >= 4 is 5.97 Å². The lowest BCUT2D eigenvalue weighted by atomic mass is 10.5. The molecule has 0 aliphatic carbocycles. The molecular formula is C4H3F3O2. The van der Waals surface area contributed by atoms with E-state index in [0.29, 0.717) is 0 Å². The Balaban J connectivity index is 4.00. The number of carboxylic acid groups (broad SMARTS) is 1. The van der Waals surface area contributed by atoms with E-state index < -0.39 is 18.2 Å². The van der Waals surface area contributed by atoms with E-state index in [4.69, 9.17) is 5.11 Å². The summed E-state index contributed by atoms with van der Waals surface area (Å²) in [5.41, 5.74) is 0. The summed E-state index contributed by atoms with van der Waals surface area (Å²) in [5.74, 6) is -3.64. The summed E-state index contributed by atoms with van der Waals surface area (Å²) in [6.07, 6.45) is -3.51. The summed E-state index contributed by atoms with van der Waals surface area (Å²) in [6.45, 7) is 0. The van der Waals surface area contributed by atoms with Crippen molar-refractivity contribution in [3.8, 4) is 0 Å². The Bertz CT molecular complexity index is 141. The van der Waals surface area contributed by atoms with Gasteiger partial charge in [-0.3, -0.25) is 0 Å². The first-order valence-electron chi connectivity index (χ1n) is 1.92. The Labute approximate surface area is 48.6 Å². The first kappa shape index (κ1) is 8.00. The third kappa shape index (κ3) is 3.57. The number of hydrogen-bond acceptors (Lipinski definition) is 1. The fourth-order valence-electron chi connectivity index (χ4n) is 0.181. The Hall–Kier alpha value is -1.00. The monoisotopic (exact) mass is 140 g/mol. The molecule has 0 aromatic carbocycles. The summed E-state index contributed by atoms with van der Waals surface area (Å²) >= 11 is 0. The van der Waals surface area contributed by atoms with E-state index in [2.05, 4.69) is 0 Å². The molecule has 0 rings (SSSR count). The standard InChI is InChI=1S/C4H3F3O2/c5-2(4(6)7)1-3(8)9/h1,4H,(H,8,9)/b2-1-. The van der Waals surface area contributed by atoms with Gasteiger partial charge in [-0.05, 0) is 0 Å². The smallest absolute Gasteiger partial charge is 0.331 e. The molecule has 9 heavy (non-hydrogen) atoms. The summed E-state index contributed by atoms with van der Waals surface area (Å²) in [4.78, 5) is 9.46. The normalized spacial score (nSPS) is 12.2. The molecule has 0 saturated heterocycles. The molecule has 1 N–H and O–H groups in total. The van der Waals surface area contributed by atoms with Crippen LogP contribution in [-0.2, 0) is 4.79 Å². The quantitative estimate of drug-likeness (QED) is 0.585. The van der Waals surface area contributed by atoms with Crippen molar-refractivity contribution in [3.63, 3.8) is 0 Å². The van der Waals surface area contributed by atoms with Crippen LogP contribution >= 0.6 is 0 Å². The highest BCUT2D eigenvalue weighted by molar-refractivity contribution is 5.80. The maximum atomic E-state index is 11.5. The van der Waals surface area contributed by atoms with Crippen molar-refractivity contribution < 1.29 is 23.1 Å². The van der Waals surface area contributed by atoms with Gasteiger partial charge in [0.05, 0.1) is 6.08 Å². The van der Waals surface area contributed by atoms with E-state index in [9.17, 15) is 18.0 Å². The molecule has 0 aliphatic rings. The minimum Gasteiger partial charge on any atom is -0.478 e. The first-order valence-corrected chi connectivity index (χ1v) is 1.92. The molecule has 0 amide bonds. The minimum atomic E-state index is -3.33. The third-order valence-corrected chi connectivity index (χ3v) is 0.470. The van der Waals surface area contributed by atoms with Gasteiger partial charge in [0.15, 0.2) is 5.83 Å². The van der Waals surface area contributed by atoms with Crippen LogP contribution in [0.1, 0.15) is 0 Å². The van der Waals surface area contributed by atoms with Gasteiger partial charge in [-0.1, -0.05) is 0 Å². The van der Waals surface area contributed by atoms with Gasteiger partial charge in [0, 0.05) is 0 Å². The molecule has 0 radical (unpaired) electrons. The minimum absolute atomic E-state index is 0.176. The predicted molar refractivity (Wildman–Crippen MR) is 22.8 cm³/mol. The van der Waals surface area contributed by atoms with Crippen molar-refractivity contribution in [2.75, 3.05) is 0 Å². The molecule has 0 aromatic rings. The second kappa shape index (κ2) is 3.11. The van der Waals surface area contributed by atoms with Crippen LogP contribution in [0.25, 0.3) is 0 Å². The lowest BCUT2D eigenvalue weighted by molar-refractivity contribution is -0.131. The van der Waals surface area contributed by atoms with Crippen molar-refractivity contribution in [2.45, 2.75) is 6.43 Å². The molecule has 0 bridgehead atoms. The second-order valence-electron chi connectivity index (χ2n) is 1.17. The third-order valence-electron chi connectivity index (χ3n) is 0.470. The van der Waals surface area contributed by atoms with E-state index in [1.54, 1.807) is 0 Å². The van der Waals surface area contributed by atoms with Gasteiger partial charge in [-0.15, -0.1) is 0 Å². The summed E-state index contributed by atoms with van der Waals surface area (Å²) in [5, 5.41) is 7.68. The van der Waals surface area contributed by atoms with Crippen LogP contribution in [0.2, 0.25) is 0 Å². The summed E-state index contributed by atoms with van der Waals surface area (Å²) < 4.78 is 33.7. The average molecular weight is 140 g/mol. The number of allylic oxidation sites excluding steroid dienone is 1. The van der Waals surface area contributed by atoms with Gasteiger partial charge >= 0.3 is 5.97 Å². The van der Waals surface area contributed by atoms with E-state index in [1.807, 2.05) is 0 Å². The van der Waals surface area contributed by atoms with Crippen molar-refractivity contribution in [1.82, 2.24) is 0 Å². The van der Waals surface area contributed by atoms with Gasteiger partial charge < -0.3 is 5.11 Å². The number of halogens is 3. The Morgan fingerprint density at radius 3 is 2.11 bits per heavy atom. The molecule has 0 aromatic heterocycles. The Morgan fingerprint density at radius 2 is 2.00 bits per heavy atom. The summed E-state index contributed by atoms with van der Waals surface area (Å²) in [7, 11) is 0. The average Bonchev–Trinajstić information content (AvgIpc) is 1.63. The van der Waals surface area contributed by atoms with Crippen LogP contribution in [-0.4, -0.2) is 17.5 Å². The Morgan fingerprint density at radius 1 is 1.56 bits per heavy atom. The van der Waals surface area contributed by atoms with Gasteiger partial charge in [0.2, 0.25) is 0 Å². The highest BCUT2D eigenvalue weighted by atomic mass is 19.3. The number of aliphatic carboxylic acids is 1. The number of carboxylic acids is 1. The van der Waals surface area contributed by atoms with E-state index in [1.165, 1.54) is 0 Å². The molecule has 0 aliphatic heterocycles. The molecule has 52 valence electrons. The Kier molecular flexibility index (Phi) is 2.77. The zero-order chi connectivity index (χ0) is 7.44. The zero-order valence-electron chi connectivity index (χ0n) is 4.14. The fraction of sp³-hybridized carbons (Fsp3) is 0.250. The molecule has 0 spiro atoms. The fourth-order valence-corrected chi connectivity index (χ4v) is 0.181. The topological polar surface area (TPSA) is 37.3 Å². The van der Waals surface area contributed by atoms with Crippen molar-refractivity contribution in [3.05, 3.63) is 11.9 Å². The van der Waals surface area contributed by atoms with E-state index in [-0.39, 0.29) is 6.08 Å². The largest absolute Gasteiger partial charge is 0.478 e. The maximum Gasteiger partial charge on any atom is 0.331 e. The lowest BCUT2D eigenvalue weighted by Gasteiger charge is -1.88. The zero-order valence-corrected chi connectivity index (χ0v) is 4.14. The molecule has 5 heteroatoms. The van der Waals surface area contributed by atoms with Crippen LogP contribution in [0.4, 0.5) is 13.2 Å². The number of hydrogen-bond donors (Lipinski definition) is 1. The van der Waals surface area contributed by atoms with Crippen LogP contribution in [0.15, 0.2) is 11.9 Å². The van der Waals surface area contributed by atoms with Crippen LogP contribution in [0.5, 0.6) is 0 Å². The second-order valence-corrected chi connectivity index (χ2v) is 1.17. The highest BCUT2D eigenvalue weighted by Crippen LogP contribution is 2.08. The molecule has 0 heterocycles. The molecule has 0 fully saturated rings. The van der Waals surface area contributed by atoms with Gasteiger partial charge in [-0.25, -0.2) is 18.0 Å². The SMILES string of the molecule is O=C(O)/C=C(\F)C(F)F. The van der Waals surface area contributed by atoms with Crippen LogP contribution in [0, 0.1) is 0 Å². The first-order chi connectivity index (χ1) is 4.04. The number of alkyl halides is 2. The molecule has 0 saturated carbocycles. The molecule has 0 atom stereocenters. The van der Waals surface area contributed by atoms with Crippen molar-refractivity contribution in [1.29, 1.82) is 0 Å². The molecule has 0 unspecified atom stereocenters. The van der Waals surface area contributed by atoms with Crippen LogP contribution < -0.4 is 0 Å². The number of carbonyl (C=O) groups is 1. The van der Waals surface area contributed by atoms with E-state index in [0.717, 1.165) is 0 Å². The van der Waals surface area contributed by atoms with Crippen molar-refractivity contribution in [2.24, 2.45) is 0 Å². The summed E-state index contributed by atoms with van der Waals surface area (Å²) in [6, 6.07) is 0. The number of rotatable bonds is 2. The van der Waals surface area contributed by atoms with E-state index >= 15 is 0 Å². The van der Waals surface area contributed by atoms with Gasteiger partial charge in [0.25, 0.3) is 6.43 Å². The molecular weight excluding hydrogens is 137 g/mol. The predicted octanol–water partition coefficient (Wildman–Crippen LogP) is 1.19.